The van der Waals surface area contributed by atoms with Gasteiger partial charge < -0.3 is 24.7 Å². The number of benzene rings is 1. The molecule has 2 N–H and O–H groups in total. The molecule has 0 bridgehead atoms. The number of ether oxygens (including phenoxy) is 1. The van der Waals surface area contributed by atoms with Crippen LogP contribution in [0.1, 0.15) is 0 Å². The van der Waals surface area contributed by atoms with Gasteiger partial charge in [0.1, 0.15) is 11.6 Å². The number of hydrogen-bond donors (Lipinski definition) is 1. The number of halogens is 1. The van der Waals surface area contributed by atoms with Gasteiger partial charge in [-0.3, -0.25) is 9.11 Å². The van der Waals surface area contributed by atoms with Crippen LogP contribution in [-0.2, 0) is 10.8 Å². The molecule has 1 atom stereocenters. The van der Waals surface area contributed by atoms with Gasteiger partial charge >= 0.3 is 0 Å². The second-order valence-electron chi connectivity index (χ2n) is 9.00. The van der Waals surface area contributed by atoms with E-state index < -0.39 is 10.8 Å². The molecule has 38 heavy (non-hydrogen) atoms. The summed E-state index contributed by atoms with van der Waals surface area (Å²) >= 11 is 0. The van der Waals surface area contributed by atoms with Crippen LogP contribution >= 0.6 is 0 Å². The van der Waals surface area contributed by atoms with Crippen molar-refractivity contribution < 1.29 is 17.8 Å². The maximum atomic E-state index is 14.7. The molecular weight excluding hydrogens is 513 g/mol. The van der Waals surface area contributed by atoms with Crippen molar-refractivity contribution in [2.75, 3.05) is 80.5 Å². The summed E-state index contributed by atoms with van der Waals surface area (Å²) in [5, 5.41) is 4.32. The van der Waals surface area contributed by atoms with Gasteiger partial charge in [0.25, 0.3) is 5.78 Å². The predicted molar refractivity (Wildman–Crippen MR) is 143 cm³/mol. The fourth-order valence-corrected chi connectivity index (χ4v) is 4.51. The Morgan fingerprint density at radius 3 is 2.71 bits per heavy atom. The molecule has 1 aromatic carbocycles. The summed E-state index contributed by atoms with van der Waals surface area (Å²) in [5.74, 6) is 2.46. The molecule has 202 valence electrons. The molecule has 5 rings (SSSR count). The van der Waals surface area contributed by atoms with Crippen LogP contribution in [0.15, 0.2) is 41.0 Å². The minimum atomic E-state index is -0.940. The molecule has 1 saturated heterocycles. The molecule has 1 aliphatic rings. The minimum Gasteiger partial charge on any atom is -0.493 e. The van der Waals surface area contributed by atoms with E-state index in [1.807, 2.05) is 16.8 Å². The third-order valence-electron chi connectivity index (χ3n) is 6.33. The highest BCUT2D eigenvalue weighted by molar-refractivity contribution is 7.84. The molecule has 0 radical (unpaired) electrons. The zero-order chi connectivity index (χ0) is 26.6. The standard InChI is InChI=1S/C24H30FN9O3S/c1-31(23-28-22(26)34-24(29-23)27-21(30-34)20-4-3-13-37-20)7-8-32-9-11-33(12-10-32)19-6-5-17(16-18(19)25)36-14-15-38(2)35/h3-6,13,16H,7-12,14-15H2,1-2H3,(H2,26,27,28,29,30). The fourth-order valence-electron chi connectivity index (χ4n) is 4.19. The molecule has 0 spiro atoms. The Labute approximate surface area is 221 Å². The fraction of sp³-hybridized carbons (Fsp3) is 0.417. The number of nitrogens with two attached hydrogens (primary N) is 1. The van der Waals surface area contributed by atoms with Crippen molar-refractivity contribution in [2.24, 2.45) is 0 Å². The van der Waals surface area contributed by atoms with Gasteiger partial charge in [-0.15, -0.1) is 5.10 Å². The third kappa shape index (κ3) is 5.86. The van der Waals surface area contributed by atoms with E-state index in [9.17, 15) is 8.60 Å². The van der Waals surface area contributed by atoms with Crippen LogP contribution in [0.25, 0.3) is 17.4 Å². The van der Waals surface area contributed by atoms with Crippen molar-refractivity contribution in [2.45, 2.75) is 0 Å². The Bertz CT molecular complexity index is 1410. The number of furan rings is 1. The van der Waals surface area contributed by atoms with Gasteiger partial charge in [-0.25, -0.2) is 4.39 Å². The third-order valence-corrected chi connectivity index (χ3v) is 7.07. The van der Waals surface area contributed by atoms with Gasteiger partial charge in [0.2, 0.25) is 17.7 Å². The zero-order valence-corrected chi connectivity index (χ0v) is 22.1. The van der Waals surface area contributed by atoms with Gasteiger partial charge in [0, 0.05) is 69.4 Å². The van der Waals surface area contributed by atoms with Crippen LogP contribution in [-0.4, -0.2) is 98.6 Å². The lowest BCUT2D eigenvalue weighted by Gasteiger charge is -2.36. The molecule has 4 aromatic rings. The summed E-state index contributed by atoms with van der Waals surface area (Å²) in [4.78, 5) is 19.6. The number of hydrogen-bond acceptors (Lipinski definition) is 11. The second kappa shape index (κ2) is 11.3. The largest absolute Gasteiger partial charge is 0.493 e. The molecule has 1 fully saturated rings. The predicted octanol–water partition coefficient (Wildman–Crippen LogP) is 1.52. The van der Waals surface area contributed by atoms with Crippen molar-refractivity contribution in [1.82, 2.24) is 29.5 Å². The van der Waals surface area contributed by atoms with Crippen LogP contribution in [0.5, 0.6) is 5.75 Å². The summed E-state index contributed by atoms with van der Waals surface area (Å²) in [6.45, 7) is 4.78. The number of aromatic nitrogens is 5. The first kappa shape index (κ1) is 25.9. The summed E-state index contributed by atoms with van der Waals surface area (Å²) in [6.07, 6.45) is 3.17. The van der Waals surface area contributed by atoms with E-state index >= 15 is 0 Å². The van der Waals surface area contributed by atoms with Crippen molar-refractivity contribution in [3.63, 3.8) is 0 Å². The summed E-state index contributed by atoms with van der Waals surface area (Å²) in [6, 6.07) is 8.43. The smallest absolute Gasteiger partial charge is 0.259 e. The lowest BCUT2D eigenvalue weighted by Crippen LogP contribution is -2.48. The lowest BCUT2D eigenvalue weighted by molar-refractivity contribution is 0.262. The molecule has 14 heteroatoms. The normalized spacial score (nSPS) is 15.2. The van der Waals surface area contributed by atoms with E-state index in [1.165, 1.54) is 10.6 Å². The van der Waals surface area contributed by atoms with Crippen molar-refractivity contribution in [3.05, 3.63) is 42.4 Å². The van der Waals surface area contributed by atoms with Crippen molar-refractivity contribution in [3.8, 4) is 17.3 Å². The van der Waals surface area contributed by atoms with E-state index in [4.69, 9.17) is 14.9 Å². The summed E-state index contributed by atoms with van der Waals surface area (Å²) in [7, 11) is 0.965. The Morgan fingerprint density at radius 1 is 1.18 bits per heavy atom. The van der Waals surface area contributed by atoms with Gasteiger partial charge in [-0.05, 0) is 24.3 Å². The Kier molecular flexibility index (Phi) is 7.69. The number of piperazine rings is 1. The van der Waals surface area contributed by atoms with E-state index in [0.29, 0.717) is 66.7 Å². The molecule has 0 amide bonds. The first-order valence-electron chi connectivity index (χ1n) is 12.2. The second-order valence-corrected chi connectivity index (χ2v) is 10.6. The van der Waals surface area contributed by atoms with Gasteiger partial charge in [0.15, 0.2) is 5.76 Å². The zero-order valence-electron chi connectivity index (χ0n) is 21.3. The first-order chi connectivity index (χ1) is 18.4. The highest BCUT2D eigenvalue weighted by Crippen LogP contribution is 2.25. The highest BCUT2D eigenvalue weighted by Gasteiger charge is 2.21. The average Bonchev–Trinajstić information content (AvgIpc) is 3.58. The molecular formula is C24H30FN9O3S. The molecule has 0 saturated carbocycles. The minimum absolute atomic E-state index is 0.189. The Balaban J connectivity index is 1.14. The summed E-state index contributed by atoms with van der Waals surface area (Å²) in [5.41, 5.74) is 6.68. The number of rotatable bonds is 10. The first-order valence-corrected chi connectivity index (χ1v) is 13.9. The average molecular weight is 544 g/mol. The van der Waals surface area contributed by atoms with Gasteiger partial charge in [0.05, 0.1) is 24.3 Å². The van der Waals surface area contributed by atoms with E-state index in [2.05, 4.69) is 25.0 Å². The monoisotopic (exact) mass is 543 g/mol. The van der Waals surface area contributed by atoms with Gasteiger partial charge in [-0.2, -0.15) is 19.5 Å². The summed E-state index contributed by atoms with van der Waals surface area (Å²) < 4.78 is 38.2. The molecule has 4 heterocycles. The SMILES string of the molecule is CN(CCN1CCN(c2ccc(OCCS(C)=O)cc2F)CC1)c1nc(N)n2nc(-c3ccco3)nc2n1. The molecule has 1 unspecified atom stereocenters. The van der Waals surface area contributed by atoms with E-state index in [1.54, 1.807) is 36.8 Å². The number of anilines is 3. The quantitative estimate of drug-likeness (QED) is 0.312. The van der Waals surface area contributed by atoms with E-state index in [0.717, 1.165) is 19.6 Å². The Hall–Kier alpha value is -3.78. The maximum absolute atomic E-state index is 14.7. The molecule has 12 nitrogen and oxygen atoms in total. The van der Waals surface area contributed by atoms with Crippen LogP contribution in [0.2, 0.25) is 0 Å². The van der Waals surface area contributed by atoms with Crippen LogP contribution in [0.3, 0.4) is 0 Å². The molecule has 0 aliphatic carbocycles. The van der Waals surface area contributed by atoms with Crippen molar-refractivity contribution in [1.29, 1.82) is 0 Å². The topological polar surface area (TPSA) is 131 Å². The van der Waals surface area contributed by atoms with E-state index in [-0.39, 0.29) is 11.8 Å². The number of nitrogen functional groups attached to an aromatic ring is 1. The van der Waals surface area contributed by atoms with Crippen LogP contribution in [0.4, 0.5) is 22.0 Å². The maximum Gasteiger partial charge on any atom is 0.259 e. The lowest BCUT2D eigenvalue weighted by atomic mass is 10.2. The van der Waals surface area contributed by atoms with Crippen LogP contribution < -0.4 is 20.3 Å². The Morgan fingerprint density at radius 2 is 2.00 bits per heavy atom. The number of likely N-dealkylation sites (N-methyl/N-ethyl adjacent to an activating group) is 1. The molecule has 1 aliphatic heterocycles. The highest BCUT2D eigenvalue weighted by atomic mass is 32.2. The van der Waals surface area contributed by atoms with Crippen LogP contribution in [0, 0.1) is 5.82 Å². The van der Waals surface area contributed by atoms with Gasteiger partial charge in [-0.1, -0.05) is 0 Å². The van der Waals surface area contributed by atoms with Crippen molar-refractivity contribution >= 4 is 34.2 Å². The number of fused-ring (bicyclic) bond motifs is 1. The number of nitrogens with zero attached hydrogens (tertiary/aromatic N) is 8. The molecule has 3 aromatic heterocycles.